The summed E-state index contributed by atoms with van der Waals surface area (Å²) >= 11 is 0. The number of benzene rings is 3. The zero-order valence-corrected chi connectivity index (χ0v) is 20.9. The lowest BCUT2D eigenvalue weighted by molar-refractivity contribution is 0.926. The second-order valence-corrected chi connectivity index (χ2v) is 8.94. The van der Waals surface area contributed by atoms with Crippen molar-refractivity contribution < 1.29 is 0 Å². The lowest BCUT2D eigenvalue weighted by Crippen LogP contribution is -2.04. The molecule has 0 saturated heterocycles. The topological polar surface area (TPSA) is 106 Å². The maximum absolute atomic E-state index is 9.66. The minimum atomic E-state index is 0.530. The van der Waals surface area contributed by atoms with Crippen LogP contribution in [0.4, 0.5) is 0 Å². The largest absolute Gasteiger partial charge is 0.308 e. The first-order valence-corrected chi connectivity index (χ1v) is 11.9. The zero-order chi connectivity index (χ0) is 25.7. The summed E-state index contributed by atoms with van der Waals surface area (Å²) in [6.45, 7) is 7.43. The van der Waals surface area contributed by atoms with E-state index in [2.05, 4.69) is 64.8 Å². The van der Waals surface area contributed by atoms with Crippen molar-refractivity contribution in [1.29, 1.82) is 5.26 Å². The van der Waals surface area contributed by atoms with Gasteiger partial charge in [-0.05, 0) is 58.0 Å². The van der Waals surface area contributed by atoms with Crippen LogP contribution in [-0.4, -0.2) is 34.5 Å². The molecule has 0 saturated carbocycles. The molecule has 0 spiro atoms. The second kappa shape index (κ2) is 8.57. The van der Waals surface area contributed by atoms with Crippen molar-refractivity contribution in [2.45, 2.75) is 27.7 Å². The maximum Gasteiger partial charge on any atom is 0.165 e. The van der Waals surface area contributed by atoms with Crippen molar-refractivity contribution in [3.63, 3.8) is 0 Å². The van der Waals surface area contributed by atoms with Gasteiger partial charge < -0.3 is 4.57 Å². The molecule has 0 aliphatic rings. The first kappa shape index (κ1) is 22.4. The van der Waals surface area contributed by atoms with E-state index in [0.29, 0.717) is 40.5 Å². The van der Waals surface area contributed by atoms with Crippen LogP contribution >= 0.6 is 0 Å². The van der Waals surface area contributed by atoms with Gasteiger partial charge in [-0.3, -0.25) is 0 Å². The first-order chi connectivity index (χ1) is 17.9. The van der Waals surface area contributed by atoms with Crippen LogP contribution in [0.2, 0.25) is 0 Å². The van der Waals surface area contributed by atoms with E-state index in [1.807, 2.05) is 64.1 Å². The number of nitrogens with zero attached hydrogens (tertiary/aromatic N) is 8. The summed E-state index contributed by atoms with van der Waals surface area (Å²) in [6, 6.07) is 22.4. The van der Waals surface area contributed by atoms with Crippen LogP contribution in [0, 0.1) is 39.0 Å². The van der Waals surface area contributed by atoms with Gasteiger partial charge in [-0.25, -0.2) is 29.9 Å². The summed E-state index contributed by atoms with van der Waals surface area (Å²) in [5.41, 5.74) is 5.08. The molecule has 0 fully saturated rings. The summed E-state index contributed by atoms with van der Waals surface area (Å²) in [4.78, 5) is 27.1. The minimum Gasteiger partial charge on any atom is -0.308 e. The molecular weight excluding hydrogens is 460 g/mol. The molecule has 0 bridgehead atoms. The highest BCUT2D eigenvalue weighted by molar-refractivity contribution is 6.10. The fraction of sp³-hybridized carbons (Fsp3) is 0.138. The summed E-state index contributed by atoms with van der Waals surface area (Å²) in [5.74, 6) is 3.77. The Morgan fingerprint density at radius 1 is 0.622 bits per heavy atom. The highest BCUT2D eigenvalue weighted by Gasteiger charge is 2.19. The molecule has 0 amide bonds. The van der Waals surface area contributed by atoms with E-state index in [0.717, 1.165) is 38.6 Å². The van der Waals surface area contributed by atoms with Crippen molar-refractivity contribution in [3.05, 3.63) is 89.5 Å². The molecule has 0 radical (unpaired) electrons. The molecule has 0 N–H and O–H groups in total. The molecule has 0 aliphatic carbocycles. The molecule has 37 heavy (non-hydrogen) atoms. The number of hydrogen-bond donors (Lipinski definition) is 0. The van der Waals surface area contributed by atoms with Crippen LogP contribution in [0.25, 0.3) is 50.3 Å². The molecule has 6 rings (SSSR count). The molecule has 0 unspecified atom stereocenters. The van der Waals surface area contributed by atoms with Gasteiger partial charge in [0.1, 0.15) is 23.3 Å². The summed E-state index contributed by atoms with van der Waals surface area (Å²) in [6.07, 6.45) is 0. The number of rotatable bonds is 3. The Balaban J connectivity index is 1.70. The van der Waals surface area contributed by atoms with Crippen LogP contribution in [0.5, 0.6) is 0 Å². The molecule has 3 aromatic heterocycles. The highest BCUT2D eigenvalue weighted by Crippen LogP contribution is 2.37. The predicted octanol–water partition coefficient (Wildman–Crippen LogP) is 5.59. The zero-order valence-electron chi connectivity index (χ0n) is 20.9. The molecule has 0 aliphatic heterocycles. The number of para-hydroxylation sites is 1. The monoisotopic (exact) mass is 482 g/mol. The normalized spacial score (nSPS) is 11.2. The molecule has 0 atom stereocenters. The standard InChI is InChI=1S/C29H22N8/c1-16-31-17(2)34-28(33-16)21-10-11-23-22-7-5-6-8-25(22)37(27(23)14-21)26-12-9-20(15-30)13-24(26)29-35-18(3)32-19(4)36-29/h5-14H,1-4H3. The maximum atomic E-state index is 9.66. The summed E-state index contributed by atoms with van der Waals surface area (Å²) < 4.78 is 2.19. The summed E-state index contributed by atoms with van der Waals surface area (Å²) in [7, 11) is 0. The van der Waals surface area contributed by atoms with Gasteiger partial charge in [-0.1, -0.05) is 30.3 Å². The molecule has 8 heteroatoms. The Morgan fingerprint density at radius 2 is 1.24 bits per heavy atom. The SMILES string of the molecule is Cc1nc(C)nc(-c2ccc3c4ccccc4n(-c4ccc(C#N)cc4-c4nc(C)nc(C)n4)c3c2)n1. The minimum absolute atomic E-state index is 0.530. The van der Waals surface area contributed by atoms with Crippen molar-refractivity contribution in [1.82, 2.24) is 34.5 Å². The smallest absolute Gasteiger partial charge is 0.165 e. The van der Waals surface area contributed by atoms with Gasteiger partial charge in [-0.2, -0.15) is 5.26 Å². The third-order valence-corrected chi connectivity index (χ3v) is 6.26. The summed E-state index contributed by atoms with van der Waals surface area (Å²) in [5, 5.41) is 11.9. The van der Waals surface area contributed by atoms with E-state index in [4.69, 9.17) is 0 Å². The molecule has 178 valence electrons. The Labute approximate surface area is 213 Å². The van der Waals surface area contributed by atoms with E-state index < -0.39 is 0 Å². The first-order valence-electron chi connectivity index (χ1n) is 11.9. The fourth-order valence-electron chi connectivity index (χ4n) is 4.83. The number of fused-ring (bicyclic) bond motifs is 3. The van der Waals surface area contributed by atoms with E-state index in [-0.39, 0.29) is 0 Å². The van der Waals surface area contributed by atoms with Crippen LogP contribution in [0.1, 0.15) is 28.9 Å². The van der Waals surface area contributed by atoms with Crippen molar-refractivity contribution in [2.75, 3.05) is 0 Å². The van der Waals surface area contributed by atoms with Crippen LogP contribution in [0.3, 0.4) is 0 Å². The Hall–Kier alpha value is -5.03. The van der Waals surface area contributed by atoms with E-state index >= 15 is 0 Å². The molecule has 3 aromatic carbocycles. The van der Waals surface area contributed by atoms with Crippen molar-refractivity contribution in [3.8, 4) is 34.5 Å². The van der Waals surface area contributed by atoms with Gasteiger partial charge in [0, 0.05) is 21.9 Å². The van der Waals surface area contributed by atoms with Crippen LogP contribution in [-0.2, 0) is 0 Å². The van der Waals surface area contributed by atoms with Crippen molar-refractivity contribution in [2.24, 2.45) is 0 Å². The van der Waals surface area contributed by atoms with E-state index in [1.165, 1.54) is 0 Å². The number of aromatic nitrogens is 7. The number of hydrogen-bond acceptors (Lipinski definition) is 7. The lowest BCUT2D eigenvalue weighted by Gasteiger charge is -2.14. The quantitative estimate of drug-likeness (QED) is 0.323. The molecule has 6 aromatic rings. The second-order valence-electron chi connectivity index (χ2n) is 8.94. The van der Waals surface area contributed by atoms with Gasteiger partial charge >= 0.3 is 0 Å². The number of aryl methyl sites for hydroxylation is 4. The van der Waals surface area contributed by atoms with Gasteiger partial charge in [0.05, 0.1) is 28.4 Å². The van der Waals surface area contributed by atoms with E-state index in [1.54, 1.807) is 0 Å². The van der Waals surface area contributed by atoms with Gasteiger partial charge in [0.2, 0.25) is 0 Å². The Kier molecular flexibility index (Phi) is 5.20. The van der Waals surface area contributed by atoms with Gasteiger partial charge in [-0.15, -0.1) is 0 Å². The fourth-order valence-corrected chi connectivity index (χ4v) is 4.83. The Bertz CT molecular complexity index is 1850. The van der Waals surface area contributed by atoms with Gasteiger partial charge in [0.25, 0.3) is 0 Å². The van der Waals surface area contributed by atoms with Crippen molar-refractivity contribution >= 4 is 21.8 Å². The third kappa shape index (κ3) is 3.87. The average Bonchev–Trinajstić information content (AvgIpc) is 3.20. The van der Waals surface area contributed by atoms with Crippen LogP contribution in [0.15, 0.2) is 60.7 Å². The lowest BCUT2D eigenvalue weighted by atomic mass is 10.1. The van der Waals surface area contributed by atoms with E-state index in [9.17, 15) is 5.26 Å². The molecular formula is C29H22N8. The highest BCUT2D eigenvalue weighted by atomic mass is 15.0. The third-order valence-electron chi connectivity index (χ3n) is 6.26. The average molecular weight is 483 g/mol. The van der Waals surface area contributed by atoms with Crippen LogP contribution < -0.4 is 0 Å². The van der Waals surface area contributed by atoms with Gasteiger partial charge in [0.15, 0.2) is 11.6 Å². The molecule has 8 nitrogen and oxygen atoms in total. The predicted molar refractivity (Wildman–Crippen MR) is 142 cm³/mol. The molecule has 3 heterocycles. The Morgan fingerprint density at radius 3 is 1.92 bits per heavy atom. The number of nitriles is 1.